The zero-order valence-corrected chi connectivity index (χ0v) is 17.4. The zero-order chi connectivity index (χ0) is 20.9. The van der Waals surface area contributed by atoms with E-state index in [0.29, 0.717) is 13.2 Å². The van der Waals surface area contributed by atoms with Gasteiger partial charge in [-0.05, 0) is 47.2 Å². The summed E-state index contributed by atoms with van der Waals surface area (Å²) in [6.07, 6.45) is 0. The third kappa shape index (κ3) is 4.49. The molecule has 1 aromatic heterocycles. The maximum atomic E-state index is 13.3. The van der Waals surface area contributed by atoms with Crippen LogP contribution in [0.5, 0.6) is 0 Å². The molecule has 1 aliphatic heterocycles. The van der Waals surface area contributed by atoms with Crippen molar-refractivity contribution in [1.82, 2.24) is 25.1 Å². The number of methoxy groups -OCH3 is 1. The normalized spacial score (nSPS) is 16.0. The predicted molar refractivity (Wildman–Crippen MR) is 113 cm³/mol. The SMILES string of the molecule is COCCn1nnnc1[C@@H](c1ccc(C)cc1)N1CCN(c2ccc(F)cc2)CC1. The van der Waals surface area contributed by atoms with E-state index >= 15 is 0 Å². The molecule has 4 rings (SSSR count). The van der Waals surface area contributed by atoms with E-state index < -0.39 is 0 Å². The molecular formula is C22H27FN6O. The first-order chi connectivity index (χ1) is 14.7. The van der Waals surface area contributed by atoms with Gasteiger partial charge in [-0.3, -0.25) is 4.90 Å². The fourth-order valence-corrected chi connectivity index (χ4v) is 3.91. The van der Waals surface area contributed by atoms with Gasteiger partial charge >= 0.3 is 0 Å². The van der Waals surface area contributed by atoms with Gasteiger partial charge in [-0.15, -0.1) is 5.10 Å². The number of aryl methyl sites for hydroxylation is 1. The summed E-state index contributed by atoms with van der Waals surface area (Å²) in [5, 5.41) is 12.5. The fourth-order valence-electron chi connectivity index (χ4n) is 3.91. The molecule has 1 atom stereocenters. The van der Waals surface area contributed by atoms with Crippen LogP contribution in [0, 0.1) is 12.7 Å². The van der Waals surface area contributed by atoms with Crippen molar-refractivity contribution in [3.05, 3.63) is 71.3 Å². The van der Waals surface area contributed by atoms with Crippen LogP contribution in [0.2, 0.25) is 0 Å². The molecule has 2 aromatic carbocycles. The zero-order valence-electron chi connectivity index (χ0n) is 17.4. The highest BCUT2D eigenvalue weighted by Crippen LogP contribution is 2.29. The molecule has 0 amide bonds. The molecule has 3 aromatic rings. The molecule has 0 aliphatic carbocycles. The molecule has 0 spiro atoms. The molecule has 0 bridgehead atoms. The van der Waals surface area contributed by atoms with E-state index in [0.717, 1.165) is 37.7 Å². The maximum absolute atomic E-state index is 13.3. The largest absolute Gasteiger partial charge is 0.383 e. The van der Waals surface area contributed by atoms with Gasteiger partial charge in [-0.25, -0.2) is 9.07 Å². The van der Waals surface area contributed by atoms with Crippen molar-refractivity contribution in [2.24, 2.45) is 0 Å². The first kappa shape index (κ1) is 20.4. The second-order valence-corrected chi connectivity index (χ2v) is 7.57. The minimum Gasteiger partial charge on any atom is -0.383 e. The van der Waals surface area contributed by atoms with E-state index in [2.05, 4.69) is 56.5 Å². The standard InChI is InChI=1S/C22H27FN6O/c1-17-3-5-18(6-4-17)21(22-24-25-26-29(22)15-16-30-2)28-13-11-27(12-14-28)20-9-7-19(23)8-10-20/h3-10,21H,11-16H2,1-2H3/t21-/m1/s1. The van der Waals surface area contributed by atoms with Gasteiger partial charge in [0.05, 0.1) is 19.2 Å². The van der Waals surface area contributed by atoms with E-state index in [9.17, 15) is 4.39 Å². The van der Waals surface area contributed by atoms with Crippen molar-refractivity contribution < 1.29 is 9.13 Å². The number of ether oxygens (including phenoxy) is 1. The Balaban J connectivity index is 1.57. The van der Waals surface area contributed by atoms with Crippen LogP contribution in [-0.4, -0.2) is 65.0 Å². The van der Waals surface area contributed by atoms with Gasteiger partial charge in [-0.2, -0.15) is 0 Å². The van der Waals surface area contributed by atoms with Crippen molar-refractivity contribution in [3.63, 3.8) is 0 Å². The van der Waals surface area contributed by atoms with Crippen LogP contribution in [-0.2, 0) is 11.3 Å². The Bertz CT molecular complexity index is 935. The highest BCUT2D eigenvalue weighted by molar-refractivity contribution is 5.46. The van der Waals surface area contributed by atoms with Gasteiger partial charge in [0.1, 0.15) is 5.82 Å². The molecule has 158 valence electrons. The first-order valence-electron chi connectivity index (χ1n) is 10.2. The minimum absolute atomic E-state index is 0.0344. The van der Waals surface area contributed by atoms with E-state index in [-0.39, 0.29) is 11.9 Å². The van der Waals surface area contributed by atoms with Crippen LogP contribution < -0.4 is 4.90 Å². The monoisotopic (exact) mass is 410 g/mol. The molecule has 1 fully saturated rings. The third-order valence-corrected chi connectivity index (χ3v) is 5.58. The summed E-state index contributed by atoms with van der Waals surface area (Å²) in [6, 6.07) is 15.2. The number of rotatable bonds is 7. The number of nitrogens with zero attached hydrogens (tertiary/aromatic N) is 6. The minimum atomic E-state index is -0.209. The van der Waals surface area contributed by atoms with Crippen LogP contribution in [0.3, 0.4) is 0 Å². The molecule has 1 saturated heterocycles. The van der Waals surface area contributed by atoms with Crippen molar-refractivity contribution in [3.8, 4) is 0 Å². The topological polar surface area (TPSA) is 59.3 Å². The Kier molecular flexibility index (Phi) is 6.35. The molecule has 0 radical (unpaired) electrons. The molecule has 0 unspecified atom stereocenters. The highest BCUT2D eigenvalue weighted by atomic mass is 19.1. The summed E-state index contributed by atoms with van der Waals surface area (Å²) in [5.74, 6) is 0.617. The lowest BCUT2D eigenvalue weighted by molar-refractivity contribution is 0.172. The average molecular weight is 410 g/mol. The van der Waals surface area contributed by atoms with Crippen molar-refractivity contribution >= 4 is 5.69 Å². The Morgan fingerprint density at radius 3 is 2.37 bits per heavy atom. The number of halogens is 1. The number of hydrogen-bond acceptors (Lipinski definition) is 6. The van der Waals surface area contributed by atoms with E-state index in [1.54, 1.807) is 7.11 Å². The average Bonchev–Trinajstić information content (AvgIpc) is 3.23. The van der Waals surface area contributed by atoms with Crippen LogP contribution in [0.15, 0.2) is 48.5 Å². The van der Waals surface area contributed by atoms with Crippen LogP contribution in [0.25, 0.3) is 0 Å². The number of tetrazole rings is 1. The number of piperazine rings is 1. The molecule has 1 aliphatic rings. The number of hydrogen-bond donors (Lipinski definition) is 0. The maximum Gasteiger partial charge on any atom is 0.173 e. The summed E-state index contributed by atoms with van der Waals surface area (Å²) < 4.78 is 20.3. The fraction of sp³-hybridized carbons (Fsp3) is 0.409. The lowest BCUT2D eigenvalue weighted by atomic mass is 10.0. The molecule has 30 heavy (non-hydrogen) atoms. The Morgan fingerprint density at radius 1 is 1.00 bits per heavy atom. The van der Waals surface area contributed by atoms with Crippen LogP contribution in [0.4, 0.5) is 10.1 Å². The second-order valence-electron chi connectivity index (χ2n) is 7.57. The summed E-state index contributed by atoms with van der Waals surface area (Å²) in [6.45, 7) is 6.66. The van der Waals surface area contributed by atoms with Crippen molar-refractivity contribution in [2.45, 2.75) is 19.5 Å². The third-order valence-electron chi connectivity index (χ3n) is 5.58. The van der Waals surface area contributed by atoms with Crippen molar-refractivity contribution in [1.29, 1.82) is 0 Å². The summed E-state index contributed by atoms with van der Waals surface area (Å²) in [7, 11) is 1.68. The second kappa shape index (κ2) is 9.32. The predicted octanol–water partition coefficient (Wildman–Crippen LogP) is 2.68. The molecule has 8 heteroatoms. The number of benzene rings is 2. The molecule has 2 heterocycles. The quantitative estimate of drug-likeness (QED) is 0.597. The smallest absolute Gasteiger partial charge is 0.173 e. The van der Waals surface area contributed by atoms with Gasteiger partial charge in [-0.1, -0.05) is 29.8 Å². The Morgan fingerprint density at radius 2 is 1.70 bits per heavy atom. The van der Waals surface area contributed by atoms with Gasteiger partial charge in [0.15, 0.2) is 5.82 Å². The Labute approximate surface area is 176 Å². The van der Waals surface area contributed by atoms with Gasteiger partial charge in [0, 0.05) is 39.0 Å². The lowest BCUT2D eigenvalue weighted by Gasteiger charge is -2.40. The van der Waals surface area contributed by atoms with Crippen molar-refractivity contribution in [2.75, 3.05) is 44.8 Å². The van der Waals surface area contributed by atoms with Crippen LogP contribution in [0.1, 0.15) is 23.0 Å². The van der Waals surface area contributed by atoms with Crippen LogP contribution >= 0.6 is 0 Å². The van der Waals surface area contributed by atoms with Gasteiger partial charge < -0.3 is 9.64 Å². The number of aromatic nitrogens is 4. The molecular weight excluding hydrogens is 383 g/mol. The van der Waals surface area contributed by atoms with E-state index in [1.807, 2.05) is 16.8 Å². The lowest BCUT2D eigenvalue weighted by Crippen LogP contribution is -2.48. The summed E-state index contributed by atoms with van der Waals surface area (Å²) in [4.78, 5) is 4.70. The van der Waals surface area contributed by atoms with E-state index in [4.69, 9.17) is 4.74 Å². The summed E-state index contributed by atoms with van der Waals surface area (Å²) >= 11 is 0. The first-order valence-corrected chi connectivity index (χ1v) is 10.2. The van der Waals surface area contributed by atoms with E-state index in [1.165, 1.54) is 23.3 Å². The van der Waals surface area contributed by atoms with Gasteiger partial charge in [0.2, 0.25) is 0 Å². The molecule has 7 nitrogen and oxygen atoms in total. The highest BCUT2D eigenvalue weighted by Gasteiger charge is 2.30. The van der Waals surface area contributed by atoms with Gasteiger partial charge in [0.25, 0.3) is 0 Å². The molecule has 0 N–H and O–H groups in total. The Hall–Kier alpha value is -2.84. The molecule has 0 saturated carbocycles. The number of anilines is 1. The summed E-state index contributed by atoms with van der Waals surface area (Å²) in [5.41, 5.74) is 3.44.